The third-order valence-corrected chi connectivity index (χ3v) is 5.38. The van der Waals surface area contributed by atoms with E-state index >= 15 is 0 Å². The molecule has 0 bridgehead atoms. The van der Waals surface area contributed by atoms with Gasteiger partial charge in [0.05, 0.1) is 22.9 Å². The number of carbonyl (C=O) groups excluding carboxylic acids is 1. The van der Waals surface area contributed by atoms with Crippen LogP contribution < -0.4 is 5.32 Å². The number of fused-ring (bicyclic) bond motifs is 3. The Morgan fingerprint density at radius 3 is 2.77 bits per heavy atom. The zero-order valence-corrected chi connectivity index (χ0v) is 16.6. The van der Waals surface area contributed by atoms with Crippen LogP contribution in [0.4, 0.5) is 14.5 Å². The third-order valence-electron chi connectivity index (χ3n) is 5.20. The van der Waals surface area contributed by atoms with Crippen LogP contribution in [-0.2, 0) is 10.2 Å². The number of amides is 1. The lowest BCUT2D eigenvalue weighted by Gasteiger charge is -2.19. The Kier molecular flexibility index (Phi) is 4.69. The monoisotopic (exact) mass is 435 g/mol. The Morgan fingerprint density at radius 2 is 2.10 bits per heavy atom. The van der Waals surface area contributed by atoms with Gasteiger partial charge in [-0.25, -0.2) is 28.1 Å². The molecule has 0 saturated carbocycles. The number of hydrogen-bond acceptors (Lipinski definition) is 5. The van der Waals surface area contributed by atoms with Crippen LogP contribution in [0.3, 0.4) is 0 Å². The molecule has 8 nitrogen and oxygen atoms in total. The summed E-state index contributed by atoms with van der Waals surface area (Å²) in [6.07, 6.45) is -0.119. The van der Waals surface area contributed by atoms with Gasteiger partial charge in [0.15, 0.2) is 16.5 Å². The molecule has 30 heavy (non-hydrogen) atoms. The van der Waals surface area contributed by atoms with Gasteiger partial charge in [-0.3, -0.25) is 4.79 Å². The van der Waals surface area contributed by atoms with Crippen LogP contribution in [0.25, 0.3) is 5.65 Å². The molecule has 1 amide bonds. The molecule has 0 spiro atoms. The van der Waals surface area contributed by atoms with Crippen molar-refractivity contribution in [1.29, 1.82) is 0 Å². The van der Waals surface area contributed by atoms with Gasteiger partial charge in [-0.05, 0) is 12.5 Å². The van der Waals surface area contributed by atoms with Crippen molar-refractivity contribution in [2.45, 2.75) is 38.0 Å². The van der Waals surface area contributed by atoms with Crippen molar-refractivity contribution in [2.24, 2.45) is 0 Å². The maximum Gasteiger partial charge on any atom is 0.355 e. The van der Waals surface area contributed by atoms with E-state index in [1.165, 1.54) is 0 Å². The van der Waals surface area contributed by atoms with Crippen LogP contribution in [0.15, 0.2) is 24.5 Å². The molecule has 3 aromatic rings. The third kappa shape index (κ3) is 3.17. The van der Waals surface area contributed by atoms with Crippen molar-refractivity contribution in [3.63, 3.8) is 0 Å². The summed E-state index contributed by atoms with van der Waals surface area (Å²) in [7, 11) is 0. The molecule has 3 aromatic heterocycles. The van der Waals surface area contributed by atoms with Crippen molar-refractivity contribution >= 4 is 34.8 Å². The second kappa shape index (κ2) is 6.98. The second-order valence-corrected chi connectivity index (χ2v) is 8.04. The first-order valence-electron chi connectivity index (χ1n) is 8.96. The number of aromatic nitrogens is 4. The van der Waals surface area contributed by atoms with Gasteiger partial charge in [0.25, 0.3) is 6.43 Å². The lowest BCUT2D eigenvalue weighted by Crippen LogP contribution is -2.23. The minimum absolute atomic E-state index is 0.263. The van der Waals surface area contributed by atoms with E-state index in [2.05, 4.69) is 20.4 Å². The lowest BCUT2D eigenvalue weighted by molar-refractivity contribution is -0.117. The Balaban J connectivity index is 1.74. The first-order chi connectivity index (χ1) is 14.1. The van der Waals surface area contributed by atoms with E-state index in [1.807, 2.05) is 13.8 Å². The van der Waals surface area contributed by atoms with Gasteiger partial charge < -0.3 is 10.4 Å². The molecule has 4 rings (SSSR count). The number of halogens is 3. The maximum absolute atomic E-state index is 13.5. The van der Waals surface area contributed by atoms with Crippen LogP contribution in [0.1, 0.15) is 59.9 Å². The first-order valence-corrected chi connectivity index (χ1v) is 9.34. The Bertz CT molecular complexity index is 1190. The van der Waals surface area contributed by atoms with Crippen LogP contribution >= 0.6 is 11.6 Å². The number of nitrogens with zero attached hydrogens (tertiary/aromatic N) is 4. The average Bonchev–Trinajstić information content (AvgIpc) is 3.17. The zero-order chi connectivity index (χ0) is 21.8. The topological polar surface area (TPSA) is 109 Å². The lowest BCUT2D eigenvalue weighted by atomic mass is 9.88. The number of anilines is 1. The van der Waals surface area contributed by atoms with Crippen molar-refractivity contribution in [1.82, 2.24) is 19.6 Å². The molecule has 1 unspecified atom stereocenters. The van der Waals surface area contributed by atoms with Gasteiger partial charge in [-0.15, -0.1) is 0 Å². The van der Waals surface area contributed by atoms with Gasteiger partial charge >= 0.3 is 5.97 Å². The minimum atomic E-state index is -3.13. The number of carbonyl (C=O) groups is 2. The number of carboxylic acids is 1. The molecule has 0 radical (unpaired) electrons. The smallest absolute Gasteiger partial charge is 0.355 e. The average molecular weight is 436 g/mol. The van der Waals surface area contributed by atoms with E-state index in [9.17, 15) is 18.4 Å². The Labute approximate surface area is 173 Å². The zero-order valence-electron chi connectivity index (χ0n) is 15.9. The summed E-state index contributed by atoms with van der Waals surface area (Å²) in [4.78, 5) is 32.1. The van der Waals surface area contributed by atoms with E-state index in [0.29, 0.717) is 17.6 Å². The van der Waals surface area contributed by atoms with Crippen LogP contribution in [-0.4, -0.2) is 36.6 Å². The second-order valence-electron chi connectivity index (χ2n) is 7.66. The number of hydrogen-bond donors (Lipinski definition) is 2. The number of aromatic carboxylic acids is 1. The molecule has 2 N–H and O–H groups in total. The number of pyridine rings is 1. The predicted molar refractivity (Wildman–Crippen MR) is 103 cm³/mol. The summed E-state index contributed by atoms with van der Waals surface area (Å²) in [6, 6.07) is 2.76. The van der Waals surface area contributed by atoms with Crippen LogP contribution in [0.2, 0.25) is 5.15 Å². The van der Waals surface area contributed by atoms with Crippen LogP contribution in [0.5, 0.6) is 0 Å². The van der Waals surface area contributed by atoms with Gasteiger partial charge in [0, 0.05) is 29.4 Å². The maximum atomic E-state index is 13.5. The highest BCUT2D eigenvalue weighted by atomic mass is 35.5. The summed E-state index contributed by atoms with van der Waals surface area (Å²) >= 11 is 6.00. The summed E-state index contributed by atoms with van der Waals surface area (Å²) in [5, 5.41) is 16.1. The summed E-state index contributed by atoms with van der Waals surface area (Å²) < 4.78 is 28.6. The Hall–Kier alpha value is -3.14. The van der Waals surface area contributed by atoms with Crippen LogP contribution in [0, 0.1) is 0 Å². The molecule has 1 aliphatic carbocycles. The molecule has 156 valence electrons. The highest BCUT2D eigenvalue weighted by molar-refractivity contribution is 6.29. The molecule has 0 saturated heterocycles. The molecule has 3 heterocycles. The summed E-state index contributed by atoms with van der Waals surface area (Å²) in [5.74, 6) is -2.84. The van der Waals surface area contributed by atoms with Gasteiger partial charge in [-0.1, -0.05) is 25.4 Å². The van der Waals surface area contributed by atoms with Gasteiger partial charge in [0.2, 0.25) is 5.91 Å². The fraction of sp³-hybridized carbons (Fsp3) is 0.316. The molecular weight excluding hydrogens is 420 g/mol. The minimum Gasteiger partial charge on any atom is -0.476 e. The SMILES string of the molecule is CC1(C)CC(C(=O)Nc2ccnc(C(=O)O)c2C(F)F)c2cnc3cc(Cl)nn3c21. The van der Waals surface area contributed by atoms with Gasteiger partial charge in [-0.2, -0.15) is 5.10 Å². The molecule has 11 heteroatoms. The quantitative estimate of drug-likeness (QED) is 0.644. The van der Waals surface area contributed by atoms with Crippen molar-refractivity contribution in [3.8, 4) is 0 Å². The van der Waals surface area contributed by atoms with E-state index in [1.54, 1.807) is 16.8 Å². The summed E-state index contributed by atoms with van der Waals surface area (Å²) in [5.41, 5.74) is -0.486. The first kappa shape index (κ1) is 20.1. The standard InChI is InChI=1S/C19H16ClF2N5O3/c1-19(2)6-8(9-7-24-12-5-11(20)26-27(12)15(9)19)17(28)25-10-3-4-23-14(18(29)30)13(10)16(21)22/h3-5,7-8,16H,6H2,1-2H3,(H,29,30)(H,23,25,28). The summed E-state index contributed by atoms with van der Waals surface area (Å²) in [6.45, 7) is 3.88. The van der Waals surface area contributed by atoms with Gasteiger partial charge in [0.1, 0.15) is 0 Å². The number of alkyl halides is 2. The van der Waals surface area contributed by atoms with E-state index in [-0.39, 0.29) is 10.8 Å². The number of rotatable bonds is 4. The Morgan fingerprint density at radius 1 is 1.37 bits per heavy atom. The fourth-order valence-electron chi connectivity index (χ4n) is 4.00. The number of carboxylic acid groups (broad SMARTS) is 1. The van der Waals surface area contributed by atoms with Crippen molar-refractivity contribution < 1.29 is 23.5 Å². The molecule has 0 fully saturated rings. The molecule has 1 aliphatic rings. The molecule has 1 atom stereocenters. The predicted octanol–water partition coefficient (Wildman–Crippen LogP) is 3.82. The molecule has 0 aliphatic heterocycles. The van der Waals surface area contributed by atoms with E-state index < -0.39 is 40.9 Å². The van der Waals surface area contributed by atoms with E-state index in [0.717, 1.165) is 18.0 Å². The fourth-order valence-corrected chi connectivity index (χ4v) is 4.17. The highest BCUT2D eigenvalue weighted by Gasteiger charge is 2.43. The normalized spacial score (nSPS) is 17.3. The van der Waals surface area contributed by atoms with Crippen molar-refractivity contribution in [3.05, 3.63) is 52.2 Å². The largest absolute Gasteiger partial charge is 0.476 e. The molecule has 0 aromatic carbocycles. The van der Waals surface area contributed by atoms with Crippen molar-refractivity contribution in [2.75, 3.05) is 5.32 Å². The number of nitrogens with one attached hydrogen (secondary N) is 1. The molecular formula is C19H16ClF2N5O3. The highest BCUT2D eigenvalue weighted by Crippen LogP contribution is 2.46. The van der Waals surface area contributed by atoms with E-state index in [4.69, 9.17) is 16.7 Å².